The molecule has 1 aliphatic rings. The number of carbonyl (C=O) groups is 1. The van der Waals surface area contributed by atoms with Crippen molar-refractivity contribution in [2.75, 3.05) is 32.1 Å². The Morgan fingerprint density at radius 3 is 2.96 bits per heavy atom. The minimum Gasteiger partial charge on any atom is -0.495 e. The molecule has 0 aliphatic carbocycles. The summed E-state index contributed by atoms with van der Waals surface area (Å²) < 4.78 is 11.0. The summed E-state index contributed by atoms with van der Waals surface area (Å²) in [4.78, 5) is 25.5. The first-order chi connectivity index (χ1) is 13.5. The Bertz CT molecular complexity index is 806. The van der Waals surface area contributed by atoms with Crippen LogP contribution in [0.1, 0.15) is 17.7 Å². The molecule has 150 valence electrons. The Hall–Kier alpha value is -2.49. The number of amides is 1. The highest BCUT2D eigenvalue weighted by molar-refractivity contribution is 7.09. The van der Waals surface area contributed by atoms with Crippen LogP contribution < -0.4 is 15.0 Å². The Balaban J connectivity index is 1.68. The standard InChI is InChI=1S/C19H23N3O5S/c1-26-18-7-6-14(22(24)25)10-17(18)20-19(23)13-21(11-15-4-2-8-27-15)12-16-5-3-9-28-16/h3,5-7,9-10,15H,2,4,8,11-13H2,1H3,(H,20,23)/p+1/t15-/m0/s1. The van der Waals surface area contributed by atoms with Gasteiger partial charge < -0.3 is 19.7 Å². The molecule has 0 bridgehead atoms. The lowest BCUT2D eigenvalue weighted by molar-refractivity contribution is -0.908. The number of nitrogens with zero attached hydrogens (tertiary/aromatic N) is 1. The summed E-state index contributed by atoms with van der Waals surface area (Å²) >= 11 is 1.66. The molecule has 1 aromatic carbocycles. The van der Waals surface area contributed by atoms with Gasteiger partial charge in [0.05, 0.1) is 22.6 Å². The molecule has 2 N–H and O–H groups in total. The predicted octanol–water partition coefficient (Wildman–Crippen LogP) is 1.87. The first-order valence-corrected chi connectivity index (χ1v) is 10.0. The average Bonchev–Trinajstić information content (AvgIpc) is 3.35. The second-order valence-corrected chi connectivity index (χ2v) is 7.74. The number of benzene rings is 1. The van der Waals surface area contributed by atoms with Crippen molar-refractivity contribution in [2.24, 2.45) is 0 Å². The van der Waals surface area contributed by atoms with Crippen molar-refractivity contribution >= 4 is 28.6 Å². The Labute approximate surface area is 167 Å². The summed E-state index contributed by atoms with van der Waals surface area (Å²) in [6.07, 6.45) is 2.22. The number of quaternary nitrogens is 1. The van der Waals surface area contributed by atoms with Gasteiger partial charge in [0.25, 0.3) is 11.6 Å². The maximum atomic E-state index is 12.7. The molecule has 2 heterocycles. The van der Waals surface area contributed by atoms with Gasteiger partial charge in [0.2, 0.25) is 0 Å². The summed E-state index contributed by atoms with van der Waals surface area (Å²) in [5, 5.41) is 15.8. The molecule has 1 amide bonds. The van der Waals surface area contributed by atoms with E-state index in [2.05, 4.69) is 11.4 Å². The van der Waals surface area contributed by atoms with E-state index in [1.165, 1.54) is 30.2 Å². The Morgan fingerprint density at radius 2 is 2.32 bits per heavy atom. The molecular weight excluding hydrogens is 382 g/mol. The molecule has 8 nitrogen and oxygen atoms in total. The van der Waals surface area contributed by atoms with Crippen molar-refractivity contribution in [3.8, 4) is 5.75 Å². The highest BCUT2D eigenvalue weighted by Gasteiger charge is 2.25. The van der Waals surface area contributed by atoms with Crippen molar-refractivity contribution in [2.45, 2.75) is 25.5 Å². The van der Waals surface area contributed by atoms with Gasteiger partial charge >= 0.3 is 0 Å². The minimum absolute atomic E-state index is 0.0988. The van der Waals surface area contributed by atoms with Gasteiger partial charge in [-0.15, -0.1) is 11.3 Å². The maximum Gasteiger partial charge on any atom is 0.279 e. The van der Waals surface area contributed by atoms with Crippen LogP contribution in [0.5, 0.6) is 5.75 Å². The molecule has 1 saturated heterocycles. The number of anilines is 1. The van der Waals surface area contributed by atoms with Crippen molar-refractivity contribution in [3.05, 3.63) is 50.7 Å². The molecule has 0 saturated carbocycles. The second-order valence-electron chi connectivity index (χ2n) is 6.71. The molecule has 2 atom stereocenters. The molecular formula is C19H24N3O5S+. The van der Waals surface area contributed by atoms with E-state index in [9.17, 15) is 14.9 Å². The Kier molecular flexibility index (Phi) is 6.96. The van der Waals surface area contributed by atoms with Crippen molar-refractivity contribution in [3.63, 3.8) is 0 Å². The van der Waals surface area contributed by atoms with Crippen LogP contribution in [0.4, 0.5) is 11.4 Å². The highest BCUT2D eigenvalue weighted by Crippen LogP contribution is 2.28. The van der Waals surface area contributed by atoms with Crippen LogP contribution in [-0.4, -0.2) is 43.7 Å². The van der Waals surface area contributed by atoms with Crippen LogP contribution in [0.15, 0.2) is 35.7 Å². The lowest BCUT2D eigenvalue weighted by atomic mass is 10.2. The van der Waals surface area contributed by atoms with Gasteiger partial charge in [-0.25, -0.2) is 0 Å². The zero-order valence-corrected chi connectivity index (χ0v) is 16.5. The topological polar surface area (TPSA) is 95.1 Å². The van der Waals surface area contributed by atoms with Crippen LogP contribution in [0.25, 0.3) is 0 Å². The Morgan fingerprint density at radius 1 is 1.46 bits per heavy atom. The van der Waals surface area contributed by atoms with Crippen LogP contribution in [0.2, 0.25) is 0 Å². The van der Waals surface area contributed by atoms with Gasteiger partial charge in [0.15, 0.2) is 6.54 Å². The van der Waals surface area contributed by atoms with Crippen LogP contribution >= 0.6 is 11.3 Å². The smallest absolute Gasteiger partial charge is 0.279 e. The van der Waals surface area contributed by atoms with Gasteiger partial charge in [0, 0.05) is 18.7 Å². The fourth-order valence-electron chi connectivity index (χ4n) is 3.32. The first kappa shape index (κ1) is 20.2. The summed E-state index contributed by atoms with van der Waals surface area (Å²) in [7, 11) is 1.46. The highest BCUT2D eigenvalue weighted by atomic mass is 32.1. The zero-order valence-electron chi connectivity index (χ0n) is 15.7. The third kappa shape index (κ3) is 5.51. The SMILES string of the molecule is COc1ccc([N+](=O)[O-])cc1NC(=O)C[NH+](Cc1cccs1)C[C@@H]1CCCO1. The van der Waals surface area contributed by atoms with E-state index in [1.807, 2.05) is 11.4 Å². The lowest BCUT2D eigenvalue weighted by Crippen LogP contribution is -3.12. The second kappa shape index (κ2) is 9.63. The number of hydrogen-bond donors (Lipinski definition) is 2. The molecule has 1 fully saturated rings. The van der Waals surface area contributed by atoms with E-state index in [-0.39, 0.29) is 24.2 Å². The minimum atomic E-state index is -0.499. The van der Waals surface area contributed by atoms with Gasteiger partial charge in [-0.2, -0.15) is 0 Å². The predicted molar refractivity (Wildman–Crippen MR) is 106 cm³/mol. The number of nitrogens with one attached hydrogen (secondary N) is 2. The number of nitro groups is 1. The normalized spacial score (nSPS) is 17.2. The molecule has 0 radical (unpaired) electrons. The van der Waals surface area contributed by atoms with Gasteiger partial charge in [-0.3, -0.25) is 14.9 Å². The third-order valence-corrected chi connectivity index (χ3v) is 5.50. The van der Waals surface area contributed by atoms with Crippen molar-refractivity contribution < 1.29 is 24.1 Å². The van der Waals surface area contributed by atoms with E-state index < -0.39 is 4.92 Å². The molecule has 28 heavy (non-hydrogen) atoms. The van der Waals surface area contributed by atoms with Crippen molar-refractivity contribution in [1.82, 2.24) is 0 Å². The molecule has 1 aliphatic heterocycles. The molecule has 0 spiro atoms. The number of thiophene rings is 1. The van der Waals surface area contributed by atoms with E-state index in [0.29, 0.717) is 11.4 Å². The first-order valence-electron chi connectivity index (χ1n) is 9.15. The molecule has 9 heteroatoms. The number of ether oxygens (including phenoxy) is 2. The fraction of sp³-hybridized carbons (Fsp3) is 0.421. The molecule has 2 aromatic rings. The van der Waals surface area contributed by atoms with E-state index in [4.69, 9.17) is 9.47 Å². The van der Waals surface area contributed by atoms with Gasteiger partial charge in [-0.05, 0) is 30.4 Å². The molecule has 1 aromatic heterocycles. The third-order valence-electron chi connectivity index (χ3n) is 4.62. The summed E-state index contributed by atoms with van der Waals surface area (Å²) in [6, 6.07) is 8.20. The number of nitro benzene ring substituents is 1. The number of rotatable bonds is 9. The number of non-ortho nitro benzene ring substituents is 1. The van der Waals surface area contributed by atoms with Gasteiger partial charge in [0.1, 0.15) is 24.9 Å². The average molecular weight is 406 g/mol. The molecule has 3 rings (SSSR count). The lowest BCUT2D eigenvalue weighted by Gasteiger charge is -2.21. The van der Waals surface area contributed by atoms with Crippen LogP contribution in [0.3, 0.4) is 0 Å². The van der Waals surface area contributed by atoms with E-state index in [1.54, 1.807) is 11.3 Å². The number of hydrogen-bond acceptors (Lipinski definition) is 6. The zero-order chi connectivity index (χ0) is 19.9. The largest absolute Gasteiger partial charge is 0.495 e. The van der Waals surface area contributed by atoms with E-state index >= 15 is 0 Å². The quantitative estimate of drug-likeness (QED) is 0.490. The number of methoxy groups -OCH3 is 1. The van der Waals surface area contributed by atoms with E-state index in [0.717, 1.165) is 37.4 Å². The van der Waals surface area contributed by atoms with Crippen LogP contribution in [0, 0.1) is 10.1 Å². The van der Waals surface area contributed by atoms with Crippen molar-refractivity contribution in [1.29, 1.82) is 0 Å². The maximum absolute atomic E-state index is 12.7. The summed E-state index contributed by atoms with van der Waals surface area (Å²) in [5.74, 6) is 0.168. The monoisotopic (exact) mass is 406 g/mol. The number of carbonyl (C=O) groups excluding carboxylic acids is 1. The summed E-state index contributed by atoms with van der Waals surface area (Å²) in [6.45, 7) is 2.49. The summed E-state index contributed by atoms with van der Waals surface area (Å²) in [5.41, 5.74) is 0.201. The fourth-order valence-corrected chi connectivity index (χ4v) is 4.10. The van der Waals surface area contributed by atoms with Crippen LogP contribution in [-0.2, 0) is 16.1 Å². The van der Waals surface area contributed by atoms with Gasteiger partial charge in [-0.1, -0.05) is 6.07 Å². The molecule has 1 unspecified atom stereocenters.